The molecule has 2 aliphatic rings. The third-order valence-electron chi connectivity index (χ3n) is 4.26. The predicted molar refractivity (Wildman–Crippen MR) is 81.3 cm³/mol. The van der Waals surface area contributed by atoms with Crippen LogP contribution in [0.1, 0.15) is 25.7 Å². The zero-order valence-electron chi connectivity index (χ0n) is 11.9. The van der Waals surface area contributed by atoms with Gasteiger partial charge in [0.1, 0.15) is 17.3 Å². The first kappa shape index (κ1) is 14.7. The van der Waals surface area contributed by atoms with Crippen molar-refractivity contribution in [2.45, 2.75) is 37.8 Å². The number of likely N-dealkylation sites (tertiary alicyclic amines) is 1. The summed E-state index contributed by atoms with van der Waals surface area (Å²) >= 11 is 5.82. The zero-order chi connectivity index (χ0) is 14.7. The second-order valence-corrected chi connectivity index (χ2v) is 5.98. The number of aromatic nitrogens is 2. The van der Waals surface area contributed by atoms with Gasteiger partial charge in [-0.25, -0.2) is 9.97 Å². The Bertz CT molecular complexity index is 506. The van der Waals surface area contributed by atoms with Crippen molar-refractivity contribution in [3.63, 3.8) is 0 Å². The van der Waals surface area contributed by atoms with E-state index in [-0.39, 0.29) is 11.9 Å². The SMILES string of the molecule is O=C(Nc1cc(Cl)ncn1)C1CCCN1C1CCNCC1. The summed E-state index contributed by atoms with van der Waals surface area (Å²) in [6.45, 7) is 3.08. The highest BCUT2D eigenvalue weighted by Crippen LogP contribution is 2.25. The Morgan fingerprint density at radius 3 is 2.90 bits per heavy atom. The number of nitrogens with one attached hydrogen (secondary N) is 2. The van der Waals surface area contributed by atoms with Crippen LogP contribution in [0.4, 0.5) is 5.82 Å². The molecule has 2 fully saturated rings. The van der Waals surface area contributed by atoms with Crippen molar-refractivity contribution in [3.05, 3.63) is 17.5 Å². The van der Waals surface area contributed by atoms with Crippen LogP contribution in [0.3, 0.4) is 0 Å². The summed E-state index contributed by atoms with van der Waals surface area (Å²) in [4.78, 5) is 22.7. The van der Waals surface area contributed by atoms with Crippen LogP contribution in [0, 0.1) is 0 Å². The van der Waals surface area contributed by atoms with Crippen LogP contribution in [-0.4, -0.2) is 52.5 Å². The number of rotatable bonds is 3. The number of halogens is 1. The average molecular weight is 310 g/mol. The smallest absolute Gasteiger partial charge is 0.242 e. The fraction of sp³-hybridized carbons (Fsp3) is 0.643. The number of hydrogen-bond donors (Lipinski definition) is 2. The van der Waals surface area contributed by atoms with Gasteiger partial charge in [-0.2, -0.15) is 0 Å². The molecule has 1 aromatic rings. The molecule has 0 bridgehead atoms. The van der Waals surface area contributed by atoms with E-state index in [2.05, 4.69) is 25.5 Å². The maximum atomic E-state index is 12.5. The molecule has 2 saturated heterocycles. The molecule has 3 heterocycles. The van der Waals surface area contributed by atoms with Crippen LogP contribution >= 0.6 is 11.6 Å². The standard InChI is InChI=1S/C14H20ClN5O/c15-12-8-13(18-9-17-12)19-14(21)11-2-1-7-20(11)10-3-5-16-6-4-10/h8-11,16H,1-7H2,(H,17,18,19,21). The van der Waals surface area contributed by atoms with Crippen molar-refractivity contribution in [2.75, 3.05) is 25.0 Å². The zero-order valence-corrected chi connectivity index (χ0v) is 12.6. The van der Waals surface area contributed by atoms with Gasteiger partial charge in [-0.15, -0.1) is 0 Å². The lowest BCUT2D eigenvalue weighted by Crippen LogP contribution is -2.49. The van der Waals surface area contributed by atoms with Crippen LogP contribution in [0.25, 0.3) is 0 Å². The van der Waals surface area contributed by atoms with Gasteiger partial charge in [-0.3, -0.25) is 9.69 Å². The van der Waals surface area contributed by atoms with Crippen molar-refractivity contribution in [3.8, 4) is 0 Å². The lowest BCUT2D eigenvalue weighted by Gasteiger charge is -2.35. The monoisotopic (exact) mass is 309 g/mol. The summed E-state index contributed by atoms with van der Waals surface area (Å²) in [5.74, 6) is 0.484. The second-order valence-electron chi connectivity index (χ2n) is 5.59. The number of nitrogens with zero attached hydrogens (tertiary/aromatic N) is 3. The van der Waals surface area contributed by atoms with E-state index in [1.807, 2.05) is 0 Å². The summed E-state index contributed by atoms with van der Waals surface area (Å²) < 4.78 is 0. The van der Waals surface area contributed by atoms with Gasteiger partial charge < -0.3 is 10.6 Å². The first-order valence-corrected chi connectivity index (χ1v) is 7.87. The van der Waals surface area contributed by atoms with Crippen LogP contribution in [0.2, 0.25) is 5.15 Å². The van der Waals surface area contributed by atoms with Gasteiger partial charge >= 0.3 is 0 Å². The Labute approximate surface area is 129 Å². The molecule has 6 nitrogen and oxygen atoms in total. The predicted octanol–water partition coefficient (Wildman–Crippen LogP) is 1.28. The fourth-order valence-electron chi connectivity index (χ4n) is 3.26. The molecular weight excluding hydrogens is 290 g/mol. The molecule has 3 rings (SSSR count). The number of carbonyl (C=O) groups is 1. The summed E-state index contributed by atoms with van der Waals surface area (Å²) in [5, 5.41) is 6.57. The molecule has 0 spiro atoms. The maximum absolute atomic E-state index is 12.5. The molecule has 0 aliphatic carbocycles. The Morgan fingerprint density at radius 1 is 1.33 bits per heavy atom. The number of hydrogen-bond acceptors (Lipinski definition) is 5. The van der Waals surface area contributed by atoms with E-state index in [4.69, 9.17) is 11.6 Å². The van der Waals surface area contributed by atoms with E-state index >= 15 is 0 Å². The van der Waals surface area contributed by atoms with Gasteiger partial charge in [0.2, 0.25) is 5.91 Å². The van der Waals surface area contributed by atoms with Gasteiger partial charge in [-0.05, 0) is 45.3 Å². The van der Waals surface area contributed by atoms with Crippen LogP contribution in [-0.2, 0) is 4.79 Å². The van der Waals surface area contributed by atoms with Gasteiger partial charge in [0.25, 0.3) is 0 Å². The van der Waals surface area contributed by atoms with E-state index in [9.17, 15) is 4.79 Å². The van der Waals surface area contributed by atoms with Gasteiger partial charge in [0, 0.05) is 12.1 Å². The fourth-order valence-corrected chi connectivity index (χ4v) is 3.40. The van der Waals surface area contributed by atoms with Crippen molar-refractivity contribution < 1.29 is 4.79 Å². The molecule has 1 atom stereocenters. The van der Waals surface area contributed by atoms with E-state index in [1.54, 1.807) is 6.07 Å². The summed E-state index contributed by atoms with van der Waals surface area (Å²) in [7, 11) is 0. The topological polar surface area (TPSA) is 70.2 Å². The van der Waals surface area contributed by atoms with Gasteiger partial charge in [-0.1, -0.05) is 11.6 Å². The highest BCUT2D eigenvalue weighted by Gasteiger charge is 2.35. The lowest BCUT2D eigenvalue weighted by molar-refractivity contribution is -0.121. The number of piperidine rings is 1. The molecule has 2 aliphatic heterocycles. The minimum atomic E-state index is -0.0539. The molecule has 0 radical (unpaired) electrons. The third kappa shape index (κ3) is 3.51. The first-order valence-electron chi connectivity index (χ1n) is 7.49. The molecule has 7 heteroatoms. The van der Waals surface area contributed by atoms with Crippen LogP contribution in [0.5, 0.6) is 0 Å². The van der Waals surface area contributed by atoms with E-state index in [1.165, 1.54) is 6.33 Å². The molecule has 1 aromatic heterocycles. The molecule has 1 amide bonds. The Balaban J connectivity index is 1.65. The largest absolute Gasteiger partial charge is 0.317 e. The van der Waals surface area contributed by atoms with E-state index < -0.39 is 0 Å². The third-order valence-corrected chi connectivity index (χ3v) is 4.47. The van der Waals surface area contributed by atoms with Crippen LogP contribution in [0.15, 0.2) is 12.4 Å². The van der Waals surface area contributed by atoms with Gasteiger partial charge in [0.05, 0.1) is 6.04 Å². The lowest BCUT2D eigenvalue weighted by atomic mass is 10.0. The molecule has 1 unspecified atom stereocenters. The highest BCUT2D eigenvalue weighted by atomic mass is 35.5. The quantitative estimate of drug-likeness (QED) is 0.823. The minimum absolute atomic E-state index is 0.0146. The van der Waals surface area contributed by atoms with Gasteiger partial charge in [0.15, 0.2) is 0 Å². The van der Waals surface area contributed by atoms with Crippen molar-refractivity contribution in [2.24, 2.45) is 0 Å². The van der Waals surface area contributed by atoms with E-state index in [0.717, 1.165) is 45.3 Å². The molecule has 2 N–H and O–H groups in total. The summed E-state index contributed by atoms with van der Waals surface area (Å²) in [5.41, 5.74) is 0. The second kappa shape index (κ2) is 6.68. The molecule has 114 valence electrons. The van der Waals surface area contributed by atoms with Crippen molar-refractivity contribution in [1.82, 2.24) is 20.2 Å². The Kier molecular flexibility index (Phi) is 4.67. The number of anilines is 1. The summed E-state index contributed by atoms with van der Waals surface area (Å²) in [6.07, 6.45) is 5.57. The normalized spacial score (nSPS) is 24.1. The van der Waals surface area contributed by atoms with Crippen molar-refractivity contribution in [1.29, 1.82) is 0 Å². The molecule has 0 aromatic carbocycles. The average Bonchev–Trinajstić information content (AvgIpc) is 2.98. The molecule has 0 saturated carbocycles. The molecule has 21 heavy (non-hydrogen) atoms. The summed E-state index contributed by atoms with van der Waals surface area (Å²) in [6, 6.07) is 2.03. The minimum Gasteiger partial charge on any atom is -0.317 e. The maximum Gasteiger partial charge on any atom is 0.242 e. The molecular formula is C14H20ClN5O. The van der Waals surface area contributed by atoms with Crippen molar-refractivity contribution >= 4 is 23.3 Å². The number of amides is 1. The first-order chi connectivity index (χ1) is 10.2. The highest BCUT2D eigenvalue weighted by molar-refractivity contribution is 6.29. The Morgan fingerprint density at radius 2 is 2.14 bits per heavy atom. The number of carbonyl (C=O) groups excluding carboxylic acids is 1. The van der Waals surface area contributed by atoms with E-state index in [0.29, 0.717) is 17.0 Å². The van der Waals surface area contributed by atoms with Crippen LogP contribution < -0.4 is 10.6 Å². The Hall–Kier alpha value is -1.24.